The molecule has 140 valence electrons. The number of nitriles is 1. The van der Waals surface area contributed by atoms with Gasteiger partial charge in [0.2, 0.25) is 0 Å². The summed E-state index contributed by atoms with van der Waals surface area (Å²) in [6, 6.07) is 13.1. The molecule has 0 aliphatic heterocycles. The SMILES string of the molecule is Cc1cc(C)cc(/C(C#N)=C(\NC(=O)c2cccc(Cl)c2Cl)C(C)(C)C)c1. The first-order valence-corrected chi connectivity index (χ1v) is 9.29. The van der Waals surface area contributed by atoms with Crippen molar-refractivity contribution < 1.29 is 4.79 Å². The van der Waals surface area contributed by atoms with E-state index in [1.54, 1.807) is 18.2 Å². The summed E-state index contributed by atoms with van der Waals surface area (Å²) in [7, 11) is 0. The summed E-state index contributed by atoms with van der Waals surface area (Å²) in [6.07, 6.45) is 0. The summed E-state index contributed by atoms with van der Waals surface area (Å²) in [5, 5.41) is 13.3. The molecule has 0 unspecified atom stereocenters. The van der Waals surface area contributed by atoms with Crippen LogP contribution >= 0.6 is 23.2 Å². The summed E-state index contributed by atoms with van der Waals surface area (Å²) in [4.78, 5) is 12.9. The van der Waals surface area contributed by atoms with Crippen molar-refractivity contribution >= 4 is 34.7 Å². The Morgan fingerprint density at radius 3 is 2.19 bits per heavy atom. The van der Waals surface area contributed by atoms with Gasteiger partial charge in [-0.3, -0.25) is 4.79 Å². The van der Waals surface area contributed by atoms with E-state index in [9.17, 15) is 10.1 Å². The number of carbonyl (C=O) groups excluding carboxylic acids is 1. The van der Waals surface area contributed by atoms with Crippen LogP contribution in [0, 0.1) is 30.6 Å². The van der Waals surface area contributed by atoms with Gasteiger partial charge in [0.1, 0.15) is 6.07 Å². The van der Waals surface area contributed by atoms with Crippen LogP contribution in [0.2, 0.25) is 10.0 Å². The Morgan fingerprint density at radius 2 is 1.67 bits per heavy atom. The van der Waals surface area contributed by atoms with E-state index in [2.05, 4.69) is 11.4 Å². The largest absolute Gasteiger partial charge is 0.324 e. The second-order valence-corrected chi connectivity index (χ2v) is 8.33. The zero-order chi connectivity index (χ0) is 20.4. The Kier molecular flexibility index (Phi) is 6.36. The molecule has 1 N–H and O–H groups in total. The van der Waals surface area contributed by atoms with E-state index in [0.29, 0.717) is 16.3 Å². The van der Waals surface area contributed by atoms with E-state index >= 15 is 0 Å². The van der Waals surface area contributed by atoms with Gasteiger partial charge in [-0.1, -0.05) is 79.4 Å². The average molecular weight is 401 g/mol. The van der Waals surface area contributed by atoms with E-state index in [0.717, 1.165) is 16.7 Å². The predicted octanol–water partition coefficient (Wildman–Crippen LogP) is 6.32. The zero-order valence-corrected chi connectivity index (χ0v) is 17.6. The van der Waals surface area contributed by atoms with Crippen molar-refractivity contribution in [2.45, 2.75) is 34.6 Å². The number of amides is 1. The Morgan fingerprint density at radius 1 is 1.07 bits per heavy atom. The molecule has 0 atom stereocenters. The molecule has 5 heteroatoms. The summed E-state index contributed by atoms with van der Waals surface area (Å²) >= 11 is 12.2. The van der Waals surface area contributed by atoms with Gasteiger partial charge in [0.15, 0.2) is 0 Å². The lowest BCUT2D eigenvalue weighted by molar-refractivity contribution is 0.0958. The number of rotatable bonds is 3. The summed E-state index contributed by atoms with van der Waals surface area (Å²) in [5.74, 6) is -0.399. The molecule has 27 heavy (non-hydrogen) atoms. The lowest BCUT2D eigenvalue weighted by atomic mass is 9.86. The number of carbonyl (C=O) groups is 1. The van der Waals surface area contributed by atoms with Crippen LogP contribution in [0.5, 0.6) is 0 Å². The average Bonchev–Trinajstić information content (AvgIpc) is 2.55. The molecule has 0 heterocycles. The van der Waals surface area contributed by atoms with Gasteiger partial charge < -0.3 is 5.32 Å². The van der Waals surface area contributed by atoms with E-state index in [4.69, 9.17) is 23.2 Å². The van der Waals surface area contributed by atoms with Crippen LogP contribution in [0.3, 0.4) is 0 Å². The fraction of sp³-hybridized carbons (Fsp3) is 0.273. The van der Waals surface area contributed by atoms with Crippen molar-refractivity contribution in [1.82, 2.24) is 5.32 Å². The van der Waals surface area contributed by atoms with Crippen LogP contribution in [-0.4, -0.2) is 5.91 Å². The maximum absolute atomic E-state index is 12.9. The highest BCUT2D eigenvalue weighted by Crippen LogP contribution is 2.32. The molecule has 2 aromatic rings. The lowest BCUT2D eigenvalue weighted by Gasteiger charge is -2.26. The molecule has 3 nitrogen and oxygen atoms in total. The molecule has 1 amide bonds. The highest BCUT2D eigenvalue weighted by Gasteiger charge is 2.26. The number of benzene rings is 2. The molecule has 0 radical (unpaired) electrons. The number of aryl methyl sites for hydroxylation is 2. The number of hydrogen-bond acceptors (Lipinski definition) is 2. The molecule has 0 aliphatic carbocycles. The van der Waals surface area contributed by atoms with Gasteiger partial charge in [-0.2, -0.15) is 5.26 Å². The molecule has 0 bridgehead atoms. The van der Waals surface area contributed by atoms with E-state index in [1.165, 1.54) is 0 Å². The van der Waals surface area contributed by atoms with Crippen LogP contribution in [0.15, 0.2) is 42.1 Å². The Balaban J connectivity index is 2.60. The molecule has 0 aromatic heterocycles. The van der Waals surface area contributed by atoms with Crippen LogP contribution in [0.25, 0.3) is 5.57 Å². The van der Waals surface area contributed by atoms with Gasteiger partial charge in [0.05, 0.1) is 21.2 Å². The molecule has 0 saturated heterocycles. The monoisotopic (exact) mass is 400 g/mol. The predicted molar refractivity (Wildman–Crippen MR) is 112 cm³/mol. The summed E-state index contributed by atoms with van der Waals surface area (Å²) < 4.78 is 0. The summed E-state index contributed by atoms with van der Waals surface area (Å²) in [5.41, 5.74) is 3.65. The van der Waals surface area contributed by atoms with Crippen LogP contribution in [0.1, 0.15) is 47.8 Å². The standard InChI is InChI=1S/C22H22Cl2N2O/c1-13-9-14(2)11-15(10-13)17(12-25)20(22(3,4)5)26-21(27)16-7-6-8-18(23)19(16)24/h6-11H,1-5H3,(H,26,27)/b20-17-. The molecule has 0 saturated carbocycles. The fourth-order valence-electron chi connectivity index (χ4n) is 2.87. The first-order valence-electron chi connectivity index (χ1n) is 8.53. The van der Waals surface area contributed by atoms with Crippen LogP contribution in [-0.2, 0) is 0 Å². The van der Waals surface area contributed by atoms with E-state index < -0.39 is 11.3 Å². The third-order valence-corrected chi connectivity index (χ3v) is 4.88. The maximum atomic E-state index is 12.9. The highest BCUT2D eigenvalue weighted by atomic mass is 35.5. The first kappa shape index (κ1) is 21.0. The second kappa shape index (κ2) is 8.17. The van der Waals surface area contributed by atoms with Gasteiger partial charge >= 0.3 is 0 Å². The second-order valence-electron chi connectivity index (χ2n) is 7.54. The van der Waals surface area contributed by atoms with Gasteiger partial charge in [-0.15, -0.1) is 0 Å². The van der Waals surface area contributed by atoms with Crippen LogP contribution < -0.4 is 5.32 Å². The maximum Gasteiger partial charge on any atom is 0.257 e. The van der Waals surface area contributed by atoms with Crippen LogP contribution in [0.4, 0.5) is 0 Å². The van der Waals surface area contributed by atoms with Crippen molar-refractivity contribution in [3.63, 3.8) is 0 Å². The lowest BCUT2D eigenvalue weighted by Crippen LogP contribution is -2.31. The number of hydrogen-bond donors (Lipinski definition) is 1. The minimum Gasteiger partial charge on any atom is -0.324 e. The normalized spacial score (nSPS) is 12.2. The number of allylic oxidation sites excluding steroid dienone is 2. The topological polar surface area (TPSA) is 52.9 Å². The minimum absolute atomic E-state index is 0.190. The zero-order valence-electron chi connectivity index (χ0n) is 16.1. The quantitative estimate of drug-likeness (QED) is 0.612. The van der Waals surface area contributed by atoms with Crippen molar-refractivity contribution in [3.8, 4) is 6.07 Å². The molecule has 0 fully saturated rings. The minimum atomic E-state index is -0.469. The van der Waals surface area contributed by atoms with Gasteiger partial charge in [0.25, 0.3) is 5.91 Å². The van der Waals surface area contributed by atoms with Crippen molar-refractivity contribution in [2.75, 3.05) is 0 Å². The molecule has 0 aliphatic rings. The summed E-state index contributed by atoms with van der Waals surface area (Å²) in [6.45, 7) is 9.80. The van der Waals surface area contributed by atoms with E-state index in [1.807, 2.05) is 52.8 Å². The fourth-order valence-corrected chi connectivity index (χ4v) is 3.26. The van der Waals surface area contributed by atoms with Crippen molar-refractivity contribution in [3.05, 3.63) is 74.4 Å². The molecule has 2 aromatic carbocycles. The van der Waals surface area contributed by atoms with Crippen molar-refractivity contribution in [1.29, 1.82) is 5.26 Å². The third-order valence-electron chi connectivity index (χ3n) is 4.06. The molecular formula is C22H22Cl2N2O. The number of halogens is 2. The highest BCUT2D eigenvalue weighted by molar-refractivity contribution is 6.43. The molecule has 2 rings (SSSR count). The van der Waals surface area contributed by atoms with E-state index in [-0.39, 0.29) is 10.6 Å². The van der Waals surface area contributed by atoms with Gasteiger partial charge in [-0.05, 0) is 31.5 Å². The van der Waals surface area contributed by atoms with Gasteiger partial charge in [0, 0.05) is 11.1 Å². The Hall–Kier alpha value is -2.28. The Bertz CT molecular complexity index is 943. The third kappa shape index (κ3) is 4.91. The van der Waals surface area contributed by atoms with Gasteiger partial charge in [-0.25, -0.2) is 0 Å². The number of nitrogens with zero attached hydrogens (tertiary/aromatic N) is 1. The Labute approximate surface area is 170 Å². The first-order chi connectivity index (χ1) is 12.5. The number of nitrogens with one attached hydrogen (secondary N) is 1. The smallest absolute Gasteiger partial charge is 0.257 e. The van der Waals surface area contributed by atoms with Crippen molar-refractivity contribution in [2.24, 2.45) is 5.41 Å². The molecular weight excluding hydrogens is 379 g/mol. The molecule has 0 spiro atoms.